The lowest BCUT2D eigenvalue weighted by molar-refractivity contribution is -0.177. The second-order valence-corrected chi connectivity index (χ2v) is 5.16. The molecule has 0 aromatic rings. The predicted molar refractivity (Wildman–Crippen MR) is 60.1 cm³/mol. The lowest BCUT2D eigenvalue weighted by Crippen LogP contribution is -2.59. The number of nitrogens with one attached hydrogen (secondary N) is 1. The molecule has 2 saturated heterocycles. The summed E-state index contributed by atoms with van der Waals surface area (Å²) in [4.78, 5) is 0. The van der Waals surface area contributed by atoms with Gasteiger partial charge in [-0.2, -0.15) is 0 Å². The Morgan fingerprint density at radius 2 is 2.07 bits per heavy atom. The first kappa shape index (κ1) is 11.4. The molecule has 0 amide bonds. The quantitative estimate of drug-likeness (QED) is 0.719. The van der Waals surface area contributed by atoms with Gasteiger partial charge in [-0.05, 0) is 26.2 Å². The maximum Gasteiger partial charge on any atom is 0.0837 e. The Labute approximate surface area is 92.5 Å². The molecule has 2 unspecified atom stereocenters. The number of morpholine rings is 1. The normalized spacial score (nSPS) is 42.8. The minimum absolute atomic E-state index is 0.0165. The summed E-state index contributed by atoms with van der Waals surface area (Å²) in [6.45, 7) is 8.13. The topological polar surface area (TPSA) is 30.5 Å². The fraction of sp³-hybridized carbons (Fsp3) is 1.00. The minimum Gasteiger partial charge on any atom is -0.381 e. The van der Waals surface area contributed by atoms with Gasteiger partial charge in [-0.15, -0.1) is 0 Å². The smallest absolute Gasteiger partial charge is 0.0837 e. The molecule has 3 heteroatoms. The standard InChI is InChI=1S/C12H23NO2/c1-3-11(2)9-13-10-12(15-11)5-4-7-14-8-6-12/h13H,3-10H2,1-2H3. The van der Waals surface area contributed by atoms with E-state index in [0.29, 0.717) is 0 Å². The van der Waals surface area contributed by atoms with Gasteiger partial charge in [0.05, 0.1) is 11.2 Å². The molecule has 0 saturated carbocycles. The molecule has 1 N–H and O–H groups in total. The van der Waals surface area contributed by atoms with Gasteiger partial charge in [-0.3, -0.25) is 0 Å². The van der Waals surface area contributed by atoms with Crippen molar-refractivity contribution in [3.8, 4) is 0 Å². The largest absolute Gasteiger partial charge is 0.381 e. The predicted octanol–water partition coefficient (Wildman–Crippen LogP) is 1.71. The number of rotatable bonds is 1. The summed E-state index contributed by atoms with van der Waals surface area (Å²) < 4.78 is 11.9. The summed E-state index contributed by atoms with van der Waals surface area (Å²) in [5, 5.41) is 3.53. The van der Waals surface area contributed by atoms with E-state index < -0.39 is 0 Å². The highest BCUT2D eigenvalue weighted by Gasteiger charge is 2.42. The molecule has 2 heterocycles. The van der Waals surface area contributed by atoms with Crippen LogP contribution in [-0.2, 0) is 9.47 Å². The van der Waals surface area contributed by atoms with Crippen LogP contribution in [0.1, 0.15) is 39.5 Å². The molecule has 2 aliphatic heterocycles. The first-order valence-corrected chi connectivity index (χ1v) is 6.17. The summed E-state index contributed by atoms with van der Waals surface area (Å²) in [6, 6.07) is 0. The molecular formula is C12H23NO2. The Morgan fingerprint density at radius 3 is 2.87 bits per heavy atom. The number of ether oxygens (including phenoxy) is 2. The summed E-state index contributed by atoms with van der Waals surface area (Å²) in [6.07, 6.45) is 4.37. The molecule has 1 spiro atoms. The van der Waals surface area contributed by atoms with Crippen LogP contribution >= 0.6 is 0 Å². The van der Waals surface area contributed by atoms with E-state index >= 15 is 0 Å². The summed E-state index contributed by atoms with van der Waals surface area (Å²) in [7, 11) is 0. The molecule has 2 rings (SSSR count). The molecule has 2 aliphatic rings. The Bertz CT molecular complexity index is 212. The van der Waals surface area contributed by atoms with Crippen LogP contribution in [0.3, 0.4) is 0 Å². The molecule has 88 valence electrons. The second-order valence-electron chi connectivity index (χ2n) is 5.16. The molecule has 3 nitrogen and oxygen atoms in total. The highest BCUT2D eigenvalue weighted by atomic mass is 16.5. The van der Waals surface area contributed by atoms with Gasteiger partial charge in [0.2, 0.25) is 0 Å². The summed E-state index contributed by atoms with van der Waals surface area (Å²) >= 11 is 0. The summed E-state index contributed by atoms with van der Waals surface area (Å²) in [5.74, 6) is 0. The van der Waals surface area contributed by atoms with Gasteiger partial charge in [-0.25, -0.2) is 0 Å². The Morgan fingerprint density at radius 1 is 1.20 bits per heavy atom. The molecule has 0 aromatic carbocycles. The third-order valence-electron chi connectivity index (χ3n) is 3.78. The van der Waals surface area contributed by atoms with E-state index in [1.807, 2.05) is 0 Å². The molecule has 0 aliphatic carbocycles. The average Bonchev–Trinajstić information content (AvgIpc) is 2.44. The Balaban J connectivity index is 2.06. The molecule has 0 bridgehead atoms. The van der Waals surface area contributed by atoms with E-state index in [4.69, 9.17) is 9.47 Å². The zero-order valence-electron chi connectivity index (χ0n) is 9.97. The Hall–Kier alpha value is -0.120. The van der Waals surface area contributed by atoms with Gasteiger partial charge in [0.15, 0.2) is 0 Å². The van der Waals surface area contributed by atoms with Gasteiger partial charge in [0.25, 0.3) is 0 Å². The van der Waals surface area contributed by atoms with E-state index in [1.165, 1.54) is 0 Å². The van der Waals surface area contributed by atoms with Crippen LogP contribution in [0.15, 0.2) is 0 Å². The van der Waals surface area contributed by atoms with Crippen molar-refractivity contribution in [3.63, 3.8) is 0 Å². The van der Waals surface area contributed by atoms with Crippen LogP contribution in [0.5, 0.6) is 0 Å². The van der Waals surface area contributed by atoms with Crippen LogP contribution < -0.4 is 5.32 Å². The monoisotopic (exact) mass is 213 g/mol. The average molecular weight is 213 g/mol. The number of hydrogen-bond acceptors (Lipinski definition) is 3. The van der Waals surface area contributed by atoms with Crippen molar-refractivity contribution in [1.82, 2.24) is 5.32 Å². The zero-order chi connectivity index (χ0) is 10.8. The van der Waals surface area contributed by atoms with Gasteiger partial charge >= 0.3 is 0 Å². The van der Waals surface area contributed by atoms with Crippen LogP contribution in [0, 0.1) is 0 Å². The summed E-state index contributed by atoms with van der Waals surface area (Å²) in [5.41, 5.74) is 0.0576. The fourth-order valence-corrected chi connectivity index (χ4v) is 2.61. The van der Waals surface area contributed by atoms with Crippen molar-refractivity contribution in [2.24, 2.45) is 0 Å². The molecule has 2 atom stereocenters. The highest BCUT2D eigenvalue weighted by Crippen LogP contribution is 2.34. The lowest BCUT2D eigenvalue weighted by Gasteiger charge is -2.46. The third-order valence-corrected chi connectivity index (χ3v) is 3.78. The van der Waals surface area contributed by atoms with E-state index in [9.17, 15) is 0 Å². The zero-order valence-corrected chi connectivity index (χ0v) is 9.97. The third kappa shape index (κ3) is 2.52. The molecule has 0 aromatic heterocycles. The first-order valence-electron chi connectivity index (χ1n) is 6.17. The Kier molecular flexibility index (Phi) is 3.33. The van der Waals surface area contributed by atoms with E-state index in [1.54, 1.807) is 0 Å². The van der Waals surface area contributed by atoms with Crippen molar-refractivity contribution in [2.75, 3.05) is 26.3 Å². The van der Waals surface area contributed by atoms with Crippen molar-refractivity contribution in [1.29, 1.82) is 0 Å². The van der Waals surface area contributed by atoms with Crippen molar-refractivity contribution < 1.29 is 9.47 Å². The van der Waals surface area contributed by atoms with Crippen molar-refractivity contribution in [2.45, 2.75) is 50.7 Å². The van der Waals surface area contributed by atoms with Crippen molar-refractivity contribution in [3.05, 3.63) is 0 Å². The van der Waals surface area contributed by atoms with Crippen molar-refractivity contribution >= 4 is 0 Å². The van der Waals surface area contributed by atoms with Gasteiger partial charge in [-0.1, -0.05) is 6.92 Å². The maximum absolute atomic E-state index is 6.39. The van der Waals surface area contributed by atoms with Crippen LogP contribution in [0.2, 0.25) is 0 Å². The fourth-order valence-electron chi connectivity index (χ4n) is 2.61. The first-order chi connectivity index (χ1) is 7.18. The van der Waals surface area contributed by atoms with Gasteiger partial charge < -0.3 is 14.8 Å². The van der Waals surface area contributed by atoms with Crippen LogP contribution in [0.25, 0.3) is 0 Å². The highest BCUT2D eigenvalue weighted by molar-refractivity contribution is 4.94. The molecule has 2 fully saturated rings. The van der Waals surface area contributed by atoms with Crippen LogP contribution in [-0.4, -0.2) is 37.5 Å². The SMILES string of the molecule is CCC1(C)CNCC2(CCCOCC2)O1. The van der Waals surface area contributed by atoms with Gasteiger partial charge in [0, 0.05) is 32.7 Å². The molecule has 0 radical (unpaired) electrons. The van der Waals surface area contributed by atoms with E-state index in [2.05, 4.69) is 19.2 Å². The molecular weight excluding hydrogens is 190 g/mol. The molecule has 15 heavy (non-hydrogen) atoms. The van der Waals surface area contributed by atoms with Gasteiger partial charge in [0.1, 0.15) is 0 Å². The van der Waals surface area contributed by atoms with Crippen LogP contribution in [0.4, 0.5) is 0 Å². The minimum atomic E-state index is 0.0165. The maximum atomic E-state index is 6.39. The second kappa shape index (κ2) is 4.40. The lowest BCUT2D eigenvalue weighted by atomic mass is 9.89. The number of hydrogen-bond donors (Lipinski definition) is 1. The van der Waals surface area contributed by atoms with E-state index in [0.717, 1.165) is 52.0 Å². The van der Waals surface area contributed by atoms with E-state index in [-0.39, 0.29) is 11.2 Å².